The van der Waals surface area contributed by atoms with Crippen LogP contribution in [-0.4, -0.2) is 6.54 Å². The number of rotatable bonds is 5. The molecule has 0 unspecified atom stereocenters. The summed E-state index contributed by atoms with van der Waals surface area (Å²) < 4.78 is 0. The topological polar surface area (TPSA) is 26.0 Å². The molecule has 1 heteroatoms. The molecule has 0 aromatic carbocycles. The molecular weight excluding hydrogens is 182 g/mol. The molecule has 0 fully saturated rings. The molecule has 0 saturated heterocycles. The molecule has 0 saturated carbocycles. The average Bonchev–Trinajstić information content (AvgIpc) is 2.13. The molecule has 0 atom stereocenters. The van der Waals surface area contributed by atoms with Crippen LogP contribution >= 0.6 is 0 Å². The normalized spacial score (nSPS) is 14.2. The van der Waals surface area contributed by atoms with E-state index in [0.717, 1.165) is 12.8 Å². The Labute approximate surface area is 94.8 Å². The number of hydrogen-bond acceptors (Lipinski definition) is 1. The van der Waals surface area contributed by atoms with Crippen molar-refractivity contribution in [1.29, 1.82) is 0 Å². The van der Waals surface area contributed by atoms with Gasteiger partial charge in [-0.25, -0.2) is 0 Å². The third-order valence-corrected chi connectivity index (χ3v) is 2.23. The molecule has 0 bridgehead atoms. The summed E-state index contributed by atoms with van der Waals surface area (Å²) in [5, 5.41) is 0. The molecule has 0 aliphatic rings. The van der Waals surface area contributed by atoms with Crippen LogP contribution in [0.3, 0.4) is 0 Å². The van der Waals surface area contributed by atoms with E-state index in [1.54, 1.807) is 0 Å². The SMILES string of the molecule is C=CC/C=C(CC(C)(C)C)\C(=C/C)CN. The maximum absolute atomic E-state index is 5.74. The van der Waals surface area contributed by atoms with Crippen LogP contribution in [0.15, 0.2) is 36.0 Å². The molecule has 1 nitrogen and oxygen atoms in total. The van der Waals surface area contributed by atoms with Crippen LogP contribution in [0.1, 0.15) is 40.5 Å². The summed E-state index contributed by atoms with van der Waals surface area (Å²) in [6, 6.07) is 0. The maximum Gasteiger partial charge on any atom is 0.0177 e. The van der Waals surface area contributed by atoms with Gasteiger partial charge >= 0.3 is 0 Å². The Bertz CT molecular complexity index is 251. The summed E-state index contributed by atoms with van der Waals surface area (Å²) in [7, 11) is 0. The number of allylic oxidation sites excluding steroid dienone is 3. The first-order chi connectivity index (χ1) is 6.94. The molecule has 0 heterocycles. The molecule has 0 spiro atoms. The van der Waals surface area contributed by atoms with E-state index in [4.69, 9.17) is 5.73 Å². The molecule has 0 radical (unpaired) electrons. The Balaban J connectivity index is 4.81. The highest BCUT2D eigenvalue weighted by Gasteiger charge is 2.14. The van der Waals surface area contributed by atoms with Gasteiger partial charge in [0.1, 0.15) is 0 Å². The van der Waals surface area contributed by atoms with E-state index in [1.807, 2.05) is 13.0 Å². The number of hydrogen-bond donors (Lipinski definition) is 1. The summed E-state index contributed by atoms with van der Waals surface area (Å²) in [5.41, 5.74) is 8.67. The van der Waals surface area contributed by atoms with E-state index < -0.39 is 0 Å². The van der Waals surface area contributed by atoms with Crippen molar-refractivity contribution in [2.75, 3.05) is 6.54 Å². The highest BCUT2D eigenvalue weighted by molar-refractivity contribution is 5.32. The molecule has 0 aromatic rings. The highest BCUT2D eigenvalue weighted by Crippen LogP contribution is 2.28. The van der Waals surface area contributed by atoms with Crippen LogP contribution in [0.2, 0.25) is 0 Å². The predicted octanol–water partition coefficient (Wildman–Crippen LogP) is 3.83. The fourth-order valence-corrected chi connectivity index (χ4v) is 1.55. The van der Waals surface area contributed by atoms with Gasteiger partial charge in [0.25, 0.3) is 0 Å². The van der Waals surface area contributed by atoms with Crippen LogP contribution in [-0.2, 0) is 0 Å². The van der Waals surface area contributed by atoms with Crippen LogP contribution in [0.5, 0.6) is 0 Å². The smallest absolute Gasteiger partial charge is 0.0177 e. The van der Waals surface area contributed by atoms with Gasteiger partial charge < -0.3 is 5.73 Å². The maximum atomic E-state index is 5.74. The molecule has 15 heavy (non-hydrogen) atoms. The lowest BCUT2D eigenvalue weighted by atomic mass is 9.84. The molecule has 0 aromatic heterocycles. The van der Waals surface area contributed by atoms with Gasteiger partial charge in [-0.15, -0.1) is 6.58 Å². The van der Waals surface area contributed by atoms with Crippen LogP contribution in [0, 0.1) is 5.41 Å². The second kappa shape index (κ2) is 6.62. The summed E-state index contributed by atoms with van der Waals surface area (Å²) >= 11 is 0. The molecular formula is C14H25N. The van der Waals surface area contributed by atoms with Gasteiger partial charge in [-0.2, -0.15) is 0 Å². The van der Waals surface area contributed by atoms with Gasteiger partial charge in [-0.1, -0.05) is 39.0 Å². The zero-order valence-electron chi connectivity index (χ0n) is 10.6. The summed E-state index contributed by atoms with van der Waals surface area (Å²) in [6.45, 7) is 13.2. The van der Waals surface area contributed by atoms with E-state index in [-0.39, 0.29) is 0 Å². The quantitative estimate of drug-likeness (QED) is 0.538. The van der Waals surface area contributed by atoms with Crippen molar-refractivity contribution in [2.24, 2.45) is 11.1 Å². The Morgan fingerprint density at radius 3 is 2.20 bits per heavy atom. The Kier molecular flexibility index (Phi) is 6.26. The second-order valence-electron chi connectivity index (χ2n) is 5.01. The van der Waals surface area contributed by atoms with Gasteiger partial charge in [0.2, 0.25) is 0 Å². The van der Waals surface area contributed by atoms with Crippen molar-refractivity contribution in [3.8, 4) is 0 Å². The summed E-state index contributed by atoms with van der Waals surface area (Å²) in [6.07, 6.45) is 8.26. The minimum Gasteiger partial charge on any atom is -0.326 e. The van der Waals surface area contributed by atoms with Gasteiger partial charge in [0, 0.05) is 6.54 Å². The van der Waals surface area contributed by atoms with Crippen LogP contribution in [0.25, 0.3) is 0 Å². The van der Waals surface area contributed by atoms with Gasteiger partial charge in [0.05, 0.1) is 0 Å². The zero-order valence-corrected chi connectivity index (χ0v) is 10.6. The van der Waals surface area contributed by atoms with Gasteiger partial charge in [-0.3, -0.25) is 0 Å². The van der Waals surface area contributed by atoms with E-state index in [0.29, 0.717) is 12.0 Å². The van der Waals surface area contributed by atoms with E-state index >= 15 is 0 Å². The second-order valence-corrected chi connectivity index (χ2v) is 5.01. The lowest BCUT2D eigenvalue weighted by Gasteiger charge is -2.22. The van der Waals surface area contributed by atoms with Crippen molar-refractivity contribution in [3.05, 3.63) is 36.0 Å². The Hall–Kier alpha value is -0.820. The zero-order chi connectivity index (χ0) is 11.9. The van der Waals surface area contributed by atoms with Gasteiger partial charge in [-0.05, 0) is 36.3 Å². The Morgan fingerprint density at radius 2 is 1.87 bits per heavy atom. The fourth-order valence-electron chi connectivity index (χ4n) is 1.55. The molecule has 0 aliphatic heterocycles. The first-order valence-corrected chi connectivity index (χ1v) is 5.60. The lowest BCUT2D eigenvalue weighted by Crippen LogP contribution is -2.12. The molecule has 0 aliphatic carbocycles. The predicted molar refractivity (Wildman–Crippen MR) is 69.8 cm³/mol. The van der Waals surface area contributed by atoms with Crippen molar-refractivity contribution >= 4 is 0 Å². The third-order valence-electron chi connectivity index (χ3n) is 2.23. The van der Waals surface area contributed by atoms with Crippen LogP contribution < -0.4 is 5.73 Å². The van der Waals surface area contributed by atoms with Crippen molar-refractivity contribution in [1.82, 2.24) is 0 Å². The molecule has 86 valence electrons. The lowest BCUT2D eigenvalue weighted by molar-refractivity contribution is 0.410. The fraction of sp³-hybridized carbons (Fsp3) is 0.571. The Morgan fingerprint density at radius 1 is 1.27 bits per heavy atom. The van der Waals surface area contributed by atoms with Gasteiger partial charge in [0.15, 0.2) is 0 Å². The minimum absolute atomic E-state index is 0.302. The third kappa shape index (κ3) is 6.29. The molecule has 0 rings (SSSR count). The first-order valence-electron chi connectivity index (χ1n) is 5.60. The largest absolute Gasteiger partial charge is 0.326 e. The van der Waals surface area contributed by atoms with Crippen molar-refractivity contribution < 1.29 is 0 Å². The van der Waals surface area contributed by atoms with Crippen LogP contribution in [0.4, 0.5) is 0 Å². The van der Waals surface area contributed by atoms with E-state index in [9.17, 15) is 0 Å². The highest BCUT2D eigenvalue weighted by atomic mass is 14.5. The first kappa shape index (κ1) is 14.2. The summed E-state index contributed by atoms with van der Waals surface area (Å²) in [4.78, 5) is 0. The minimum atomic E-state index is 0.302. The average molecular weight is 207 g/mol. The number of nitrogens with two attached hydrogens (primary N) is 1. The molecule has 0 amide bonds. The van der Waals surface area contributed by atoms with E-state index in [2.05, 4.69) is 39.5 Å². The van der Waals surface area contributed by atoms with E-state index in [1.165, 1.54) is 11.1 Å². The summed E-state index contributed by atoms with van der Waals surface area (Å²) in [5.74, 6) is 0. The standard InChI is InChI=1S/C14H25N/c1-6-8-9-13(10-14(3,4)5)12(7-2)11-15/h6-7,9H,1,8,10-11,15H2,2-5H3/b12-7-,13-9-. The van der Waals surface area contributed by atoms with Crippen molar-refractivity contribution in [3.63, 3.8) is 0 Å². The monoisotopic (exact) mass is 207 g/mol. The molecule has 2 N–H and O–H groups in total. The van der Waals surface area contributed by atoms with Crippen molar-refractivity contribution in [2.45, 2.75) is 40.5 Å².